The number of ether oxygens (including phenoxy) is 6. The van der Waals surface area contributed by atoms with Crippen molar-refractivity contribution >= 4 is 12.2 Å². The van der Waals surface area contributed by atoms with E-state index in [-0.39, 0.29) is 51.7 Å². The zero-order valence-corrected chi connectivity index (χ0v) is 38.4. The van der Waals surface area contributed by atoms with Gasteiger partial charge in [-0.25, -0.2) is 0 Å². The van der Waals surface area contributed by atoms with Gasteiger partial charge in [0.2, 0.25) is 12.6 Å². The van der Waals surface area contributed by atoms with Crippen LogP contribution in [-0.2, 0) is 9.47 Å². The van der Waals surface area contributed by atoms with Crippen LogP contribution < -0.4 is 18.9 Å². The van der Waals surface area contributed by atoms with Gasteiger partial charge in [0.15, 0.2) is 0 Å². The van der Waals surface area contributed by atoms with Crippen molar-refractivity contribution in [1.82, 2.24) is 0 Å². The summed E-state index contributed by atoms with van der Waals surface area (Å²) in [7, 11) is 0. The highest BCUT2D eigenvalue weighted by molar-refractivity contribution is 5.76. The predicted molar refractivity (Wildman–Crippen MR) is 255 cm³/mol. The first-order valence-corrected chi connectivity index (χ1v) is 23.3. The van der Waals surface area contributed by atoms with Crippen LogP contribution in [0.25, 0.3) is 12.2 Å². The number of aromatic hydroxyl groups is 5. The topological polar surface area (TPSA) is 318 Å². The van der Waals surface area contributed by atoms with Gasteiger partial charge in [0.1, 0.15) is 113 Å². The Morgan fingerprint density at radius 3 is 1.44 bits per heavy atom. The minimum Gasteiger partial charge on any atom is -0.508 e. The van der Waals surface area contributed by atoms with Gasteiger partial charge in [0.05, 0.1) is 25.0 Å². The molecule has 0 radical (unpaired) electrons. The van der Waals surface area contributed by atoms with Crippen LogP contribution in [0.4, 0.5) is 0 Å². The maximum absolute atomic E-state index is 11.5. The molecule has 4 aliphatic heterocycles. The highest BCUT2D eigenvalue weighted by atomic mass is 16.7. The van der Waals surface area contributed by atoms with E-state index in [9.17, 15) is 66.4 Å². The molecule has 382 valence electrons. The summed E-state index contributed by atoms with van der Waals surface area (Å²) in [6.45, 7) is -1.46. The number of hydrogen-bond donors (Lipinski definition) is 13. The maximum atomic E-state index is 11.5. The van der Waals surface area contributed by atoms with Gasteiger partial charge < -0.3 is 94.8 Å². The molecule has 0 bridgehead atoms. The summed E-state index contributed by atoms with van der Waals surface area (Å²) < 4.78 is 37.6. The first-order chi connectivity index (χ1) is 35.1. The molecular weight excluding hydrogens is 953 g/mol. The maximum Gasteiger partial charge on any atom is 0.229 e. The van der Waals surface area contributed by atoms with Gasteiger partial charge >= 0.3 is 0 Å². The Kier molecular flexibility index (Phi) is 13.6. The van der Waals surface area contributed by atoms with Gasteiger partial charge in [-0.3, -0.25) is 0 Å². The van der Waals surface area contributed by atoms with Crippen LogP contribution in [0.1, 0.15) is 68.6 Å². The first-order valence-electron chi connectivity index (χ1n) is 23.3. The van der Waals surface area contributed by atoms with Crippen molar-refractivity contribution in [3.05, 3.63) is 160 Å². The Balaban J connectivity index is 1.20. The lowest BCUT2D eigenvalue weighted by Crippen LogP contribution is -2.60. The molecule has 0 aromatic heterocycles. The van der Waals surface area contributed by atoms with E-state index in [1.54, 1.807) is 66.7 Å². The quantitative estimate of drug-likeness (QED) is 0.0783. The highest BCUT2D eigenvalue weighted by Gasteiger charge is 2.49. The van der Waals surface area contributed by atoms with Crippen molar-refractivity contribution in [2.75, 3.05) is 13.2 Å². The molecule has 4 aliphatic rings. The zero-order valence-electron chi connectivity index (χ0n) is 38.4. The molecule has 4 heterocycles. The summed E-state index contributed by atoms with van der Waals surface area (Å²) in [5.74, 6) is -1.94. The number of aliphatic hydroxyl groups is 8. The first kappa shape index (κ1) is 49.4. The van der Waals surface area contributed by atoms with Gasteiger partial charge in [-0.15, -0.1) is 0 Å². The van der Waals surface area contributed by atoms with E-state index in [4.69, 9.17) is 28.4 Å². The molecule has 0 aliphatic carbocycles. The van der Waals surface area contributed by atoms with E-state index in [2.05, 4.69) is 0 Å². The third-order valence-corrected chi connectivity index (χ3v) is 13.6. The lowest BCUT2D eigenvalue weighted by molar-refractivity contribution is -0.277. The summed E-state index contributed by atoms with van der Waals surface area (Å²) in [5.41, 5.74) is 4.08. The van der Waals surface area contributed by atoms with Crippen LogP contribution in [0.5, 0.6) is 51.7 Å². The smallest absolute Gasteiger partial charge is 0.229 e. The Hall–Kier alpha value is -7.14. The predicted octanol–water partition coefficient (Wildman–Crippen LogP) is 3.27. The molecule has 6 aromatic carbocycles. The van der Waals surface area contributed by atoms with Crippen molar-refractivity contribution in [2.45, 2.75) is 85.5 Å². The molecule has 6 aromatic rings. The molecule has 14 unspecified atom stereocenters. The van der Waals surface area contributed by atoms with Crippen LogP contribution in [0.15, 0.2) is 115 Å². The molecule has 2 saturated heterocycles. The SMILES string of the molecule is OCC1OC(Oc2cc(O)cc(C3c4c(cc(OC5OC(CO)C(O)C(O)C5O)cc4C4c5c(C=Cc6ccc(O)cc6)cc(O)cc5OC4c4ccc(O)cc4)OC3c3ccc(O)cc3)c2)C(O)C(O)C1O. The number of fused-ring (bicyclic) bond motifs is 2. The van der Waals surface area contributed by atoms with Crippen molar-refractivity contribution in [2.24, 2.45) is 0 Å². The van der Waals surface area contributed by atoms with E-state index in [1.807, 2.05) is 0 Å². The fraction of sp³-hybridized carbons (Fsp3) is 0.296. The van der Waals surface area contributed by atoms with Gasteiger partial charge in [-0.2, -0.15) is 0 Å². The summed E-state index contributed by atoms with van der Waals surface area (Å²) in [6, 6.07) is 29.4. The molecule has 0 saturated carbocycles. The van der Waals surface area contributed by atoms with E-state index in [1.165, 1.54) is 60.7 Å². The van der Waals surface area contributed by atoms with E-state index >= 15 is 0 Å². The largest absolute Gasteiger partial charge is 0.508 e. The third kappa shape index (κ3) is 9.55. The lowest BCUT2D eigenvalue weighted by Gasteiger charge is -2.39. The normalized spacial score (nSPS) is 29.5. The summed E-state index contributed by atoms with van der Waals surface area (Å²) >= 11 is 0. The van der Waals surface area contributed by atoms with Crippen molar-refractivity contribution in [3.63, 3.8) is 0 Å². The summed E-state index contributed by atoms with van der Waals surface area (Å²) in [4.78, 5) is 0. The van der Waals surface area contributed by atoms with Gasteiger partial charge in [-0.1, -0.05) is 48.6 Å². The Morgan fingerprint density at radius 1 is 0.425 bits per heavy atom. The van der Waals surface area contributed by atoms with E-state index < -0.39 is 98.7 Å². The van der Waals surface area contributed by atoms with Gasteiger partial charge in [0, 0.05) is 29.3 Å². The van der Waals surface area contributed by atoms with E-state index in [0.29, 0.717) is 44.5 Å². The molecule has 10 rings (SSSR count). The van der Waals surface area contributed by atoms with Crippen molar-refractivity contribution in [3.8, 4) is 51.7 Å². The van der Waals surface area contributed by atoms with Crippen molar-refractivity contribution < 1.29 is 94.8 Å². The fourth-order valence-electron chi connectivity index (χ4n) is 10.0. The Bertz CT molecular complexity index is 2960. The van der Waals surface area contributed by atoms with Crippen molar-refractivity contribution in [1.29, 1.82) is 0 Å². The number of aliphatic hydroxyl groups excluding tert-OH is 8. The van der Waals surface area contributed by atoms with E-state index in [0.717, 1.165) is 0 Å². The molecule has 2 fully saturated rings. The molecule has 0 amide bonds. The number of phenols is 5. The number of rotatable bonds is 12. The monoisotopic (exact) mass is 1000 g/mol. The second-order valence-corrected chi connectivity index (χ2v) is 18.4. The second kappa shape index (κ2) is 20.0. The molecule has 13 N–H and O–H groups in total. The summed E-state index contributed by atoms with van der Waals surface area (Å²) in [5, 5.41) is 138. The average molecular weight is 1000 g/mol. The molecule has 0 spiro atoms. The molecule has 19 nitrogen and oxygen atoms in total. The number of hydrogen-bond acceptors (Lipinski definition) is 19. The number of phenolic OH excluding ortho intramolecular Hbond substituents is 5. The van der Waals surface area contributed by atoms with Gasteiger partial charge in [0.25, 0.3) is 0 Å². The average Bonchev–Trinajstić information content (AvgIpc) is 3.96. The number of benzene rings is 6. The van der Waals surface area contributed by atoms with Gasteiger partial charge in [-0.05, 0) is 94.0 Å². The molecular formula is C54H52O19. The Morgan fingerprint density at radius 2 is 0.904 bits per heavy atom. The second-order valence-electron chi connectivity index (χ2n) is 18.4. The molecule has 19 heteroatoms. The molecule has 14 atom stereocenters. The highest BCUT2D eigenvalue weighted by Crippen LogP contribution is 2.60. The van der Waals surface area contributed by atoms with Crippen LogP contribution in [0.3, 0.4) is 0 Å². The lowest BCUT2D eigenvalue weighted by atomic mass is 9.75. The Labute approximate surface area is 416 Å². The third-order valence-electron chi connectivity index (χ3n) is 13.6. The van der Waals surface area contributed by atoms with Crippen LogP contribution in [0.2, 0.25) is 0 Å². The minimum atomic E-state index is -1.82. The fourth-order valence-corrected chi connectivity index (χ4v) is 10.0. The van der Waals surface area contributed by atoms with Crippen LogP contribution in [-0.4, -0.2) is 141 Å². The zero-order chi connectivity index (χ0) is 51.4. The minimum absolute atomic E-state index is 0.00334. The van der Waals surface area contributed by atoms with Crippen LogP contribution in [0, 0.1) is 0 Å². The molecule has 73 heavy (non-hydrogen) atoms. The standard InChI is InChI=1S/C54H52O19/c55-22-39-45(62)47(64)49(66)53(72-39)68-34-17-28(16-32(60)18-34)42-43-36(20-35(69-54-50(67)48(65)46(63)40(23-56)73-54)21-38(43)71-51(42)25-5-11-30(58)12-6-25)44-41-27(4-1-24-2-9-29(57)10-3-24)15-33(61)19-37(41)70-52(44)26-7-13-31(59)14-8-26/h1-21,39-40,42,44-67H,22-23H2. The summed E-state index contributed by atoms with van der Waals surface area (Å²) in [6.07, 6.45) is -14.8. The van der Waals surface area contributed by atoms with Crippen LogP contribution >= 0.6 is 0 Å².